The molecular weight excluding hydrogens is 284 g/mol. The molecule has 1 aromatic carbocycles. The van der Waals surface area contributed by atoms with E-state index < -0.39 is 21.6 Å². The first-order valence-corrected chi connectivity index (χ1v) is 7.24. The molecule has 0 saturated heterocycles. The van der Waals surface area contributed by atoms with E-state index in [1.54, 1.807) is 6.92 Å². The van der Waals surface area contributed by atoms with Gasteiger partial charge in [0.1, 0.15) is 5.75 Å². The second kappa shape index (κ2) is 5.00. The minimum Gasteiger partial charge on any atom is -0.478 e. The molecule has 0 spiro atoms. The standard InChI is InChI=1S/C11H12N4O4S/c1-7-3-4-8(11(16)17)5-9(7)20(18,19)6-10-12-14-15(2)13-10/h3-5H,6H2,1-2H3,(H,16,17). The predicted octanol–water partition coefficient (Wildman–Crippen LogP) is 0.191. The van der Waals surface area contributed by atoms with Crippen molar-refractivity contribution in [3.63, 3.8) is 0 Å². The van der Waals surface area contributed by atoms with Gasteiger partial charge in [-0.2, -0.15) is 4.80 Å². The minimum atomic E-state index is -3.73. The zero-order valence-electron chi connectivity index (χ0n) is 10.8. The first-order chi connectivity index (χ1) is 9.29. The molecule has 0 saturated carbocycles. The van der Waals surface area contributed by atoms with Crippen molar-refractivity contribution >= 4 is 15.8 Å². The molecule has 9 heteroatoms. The first-order valence-electron chi connectivity index (χ1n) is 5.59. The highest BCUT2D eigenvalue weighted by Gasteiger charge is 2.22. The predicted molar refractivity (Wildman–Crippen MR) is 67.8 cm³/mol. The third-order valence-electron chi connectivity index (χ3n) is 2.64. The molecule has 0 amide bonds. The van der Waals surface area contributed by atoms with Crippen LogP contribution in [0.5, 0.6) is 0 Å². The Morgan fingerprint density at radius 1 is 1.40 bits per heavy atom. The minimum absolute atomic E-state index is 0.0372. The first kappa shape index (κ1) is 14.1. The zero-order valence-corrected chi connectivity index (χ0v) is 11.6. The van der Waals surface area contributed by atoms with Gasteiger partial charge in [-0.1, -0.05) is 6.07 Å². The van der Waals surface area contributed by atoms with Crippen LogP contribution in [0.25, 0.3) is 0 Å². The van der Waals surface area contributed by atoms with Crippen molar-refractivity contribution in [2.45, 2.75) is 17.6 Å². The van der Waals surface area contributed by atoms with Gasteiger partial charge in [-0.3, -0.25) is 0 Å². The van der Waals surface area contributed by atoms with Crippen LogP contribution in [0, 0.1) is 6.92 Å². The molecule has 1 N–H and O–H groups in total. The topological polar surface area (TPSA) is 115 Å². The van der Waals surface area contributed by atoms with E-state index in [-0.39, 0.29) is 16.3 Å². The summed E-state index contributed by atoms with van der Waals surface area (Å²) in [7, 11) is -2.20. The molecule has 1 heterocycles. The molecule has 106 valence electrons. The number of tetrazole rings is 1. The largest absolute Gasteiger partial charge is 0.478 e. The Bertz CT molecular complexity index is 766. The number of hydrogen-bond donors (Lipinski definition) is 1. The van der Waals surface area contributed by atoms with E-state index in [2.05, 4.69) is 15.4 Å². The van der Waals surface area contributed by atoms with Crippen molar-refractivity contribution in [1.29, 1.82) is 0 Å². The lowest BCUT2D eigenvalue weighted by atomic mass is 10.1. The maximum absolute atomic E-state index is 12.3. The summed E-state index contributed by atoms with van der Waals surface area (Å²) < 4.78 is 24.6. The molecule has 2 rings (SSSR count). The van der Waals surface area contributed by atoms with E-state index in [0.717, 1.165) is 10.9 Å². The summed E-state index contributed by atoms with van der Waals surface area (Å²) in [5.41, 5.74) is 0.389. The van der Waals surface area contributed by atoms with Gasteiger partial charge in [0.15, 0.2) is 15.7 Å². The van der Waals surface area contributed by atoms with Crippen molar-refractivity contribution in [3.05, 3.63) is 35.2 Å². The Morgan fingerprint density at radius 2 is 2.10 bits per heavy atom. The molecular formula is C11H12N4O4S. The summed E-state index contributed by atoms with van der Waals surface area (Å²) in [5, 5.41) is 19.9. The van der Waals surface area contributed by atoms with Crippen LogP contribution in [0.2, 0.25) is 0 Å². The summed E-state index contributed by atoms with van der Waals surface area (Å²) >= 11 is 0. The number of aromatic carboxylic acids is 1. The van der Waals surface area contributed by atoms with Crippen LogP contribution < -0.4 is 0 Å². The number of nitrogens with zero attached hydrogens (tertiary/aromatic N) is 4. The van der Waals surface area contributed by atoms with Gasteiger partial charge < -0.3 is 5.11 Å². The van der Waals surface area contributed by atoms with Crippen molar-refractivity contribution in [3.8, 4) is 0 Å². The summed E-state index contributed by atoms with van der Waals surface area (Å²) in [4.78, 5) is 12.0. The lowest BCUT2D eigenvalue weighted by Gasteiger charge is -2.07. The van der Waals surface area contributed by atoms with Gasteiger partial charge in [0, 0.05) is 0 Å². The number of carboxylic acid groups (broad SMARTS) is 1. The Balaban J connectivity index is 2.43. The number of carbonyl (C=O) groups is 1. The molecule has 0 unspecified atom stereocenters. The van der Waals surface area contributed by atoms with E-state index in [4.69, 9.17) is 5.11 Å². The van der Waals surface area contributed by atoms with E-state index in [1.807, 2.05) is 0 Å². The second-order valence-corrected chi connectivity index (χ2v) is 6.20. The SMILES string of the molecule is Cc1ccc(C(=O)O)cc1S(=O)(=O)Cc1nnn(C)n1. The number of hydrogen-bond acceptors (Lipinski definition) is 6. The van der Waals surface area contributed by atoms with Crippen LogP contribution >= 0.6 is 0 Å². The number of aryl methyl sites for hydroxylation is 2. The highest BCUT2D eigenvalue weighted by Crippen LogP contribution is 2.20. The van der Waals surface area contributed by atoms with Crippen LogP contribution in [-0.2, 0) is 22.6 Å². The van der Waals surface area contributed by atoms with Crippen molar-refractivity contribution in [1.82, 2.24) is 20.2 Å². The van der Waals surface area contributed by atoms with E-state index in [0.29, 0.717) is 5.56 Å². The number of sulfone groups is 1. The molecule has 0 bridgehead atoms. The lowest BCUT2D eigenvalue weighted by Crippen LogP contribution is -2.10. The van der Waals surface area contributed by atoms with Crippen LogP contribution in [0.3, 0.4) is 0 Å². The molecule has 2 aromatic rings. The normalized spacial score (nSPS) is 11.5. The van der Waals surface area contributed by atoms with E-state index in [1.165, 1.54) is 19.2 Å². The zero-order chi connectivity index (χ0) is 14.9. The Labute approximate surface area is 115 Å². The van der Waals surface area contributed by atoms with Gasteiger partial charge in [0.05, 0.1) is 17.5 Å². The van der Waals surface area contributed by atoms with Crippen LogP contribution in [0.1, 0.15) is 21.7 Å². The van der Waals surface area contributed by atoms with Crippen LogP contribution in [-0.4, -0.2) is 39.7 Å². The summed E-state index contributed by atoms with van der Waals surface area (Å²) in [6.07, 6.45) is 0. The van der Waals surface area contributed by atoms with E-state index >= 15 is 0 Å². The Hall–Kier alpha value is -2.29. The van der Waals surface area contributed by atoms with Gasteiger partial charge >= 0.3 is 5.97 Å². The second-order valence-electron chi connectivity index (χ2n) is 4.24. The maximum Gasteiger partial charge on any atom is 0.335 e. The van der Waals surface area contributed by atoms with Crippen molar-refractivity contribution < 1.29 is 18.3 Å². The summed E-state index contributed by atoms with van der Waals surface area (Å²) in [6.45, 7) is 1.60. The summed E-state index contributed by atoms with van der Waals surface area (Å²) in [5.74, 6) is -1.54. The van der Waals surface area contributed by atoms with Gasteiger partial charge in [-0.15, -0.1) is 10.2 Å². The number of benzene rings is 1. The fourth-order valence-electron chi connectivity index (χ4n) is 1.70. The third kappa shape index (κ3) is 2.82. The van der Waals surface area contributed by atoms with Crippen molar-refractivity contribution in [2.75, 3.05) is 0 Å². The highest BCUT2D eigenvalue weighted by atomic mass is 32.2. The number of aromatic nitrogens is 4. The fraction of sp³-hybridized carbons (Fsp3) is 0.273. The Morgan fingerprint density at radius 3 is 2.65 bits per heavy atom. The lowest BCUT2D eigenvalue weighted by molar-refractivity contribution is 0.0696. The van der Waals surface area contributed by atoms with Gasteiger partial charge in [0.2, 0.25) is 0 Å². The third-order valence-corrected chi connectivity index (χ3v) is 4.39. The molecule has 1 aromatic heterocycles. The maximum atomic E-state index is 12.3. The van der Waals surface area contributed by atoms with Crippen LogP contribution in [0.4, 0.5) is 0 Å². The Kier molecular flexibility index (Phi) is 3.53. The summed E-state index contributed by atoms with van der Waals surface area (Å²) in [6, 6.07) is 3.96. The molecule has 0 fully saturated rings. The molecule has 20 heavy (non-hydrogen) atoms. The van der Waals surface area contributed by atoms with Gasteiger partial charge in [-0.05, 0) is 29.8 Å². The van der Waals surface area contributed by atoms with E-state index in [9.17, 15) is 13.2 Å². The molecule has 0 atom stereocenters. The van der Waals surface area contributed by atoms with Crippen molar-refractivity contribution in [2.24, 2.45) is 7.05 Å². The molecule has 0 radical (unpaired) electrons. The van der Waals surface area contributed by atoms with Gasteiger partial charge in [0.25, 0.3) is 0 Å². The average molecular weight is 296 g/mol. The monoisotopic (exact) mass is 296 g/mol. The highest BCUT2D eigenvalue weighted by molar-refractivity contribution is 7.90. The van der Waals surface area contributed by atoms with Crippen LogP contribution in [0.15, 0.2) is 23.1 Å². The molecule has 8 nitrogen and oxygen atoms in total. The smallest absolute Gasteiger partial charge is 0.335 e. The quantitative estimate of drug-likeness (QED) is 0.856. The molecule has 0 aliphatic heterocycles. The molecule has 0 aliphatic rings. The van der Waals surface area contributed by atoms with Gasteiger partial charge in [-0.25, -0.2) is 13.2 Å². The molecule has 0 aliphatic carbocycles. The number of carboxylic acids is 1. The number of rotatable bonds is 4. The average Bonchev–Trinajstić information content (AvgIpc) is 2.73. The fourth-order valence-corrected chi connectivity index (χ4v) is 3.17.